The second kappa shape index (κ2) is 9.30. The third kappa shape index (κ3) is 3.78. The highest BCUT2D eigenvalue weighted by atomic mass is 15.1. The minimum atomic E-state index is 0.818. The van der Waals surface area contributed by atoms with Gasteiger partial charge in [0.25, 0.3) is 0 Å². The lowest BCUT2D eigenvalue weighted by molar-refractivity contribution is 1.09. The van der Waals surface area contributed by atoms with Crippen molar-refractivity contribution in [2.75, 3.05) is 4.90 Å². The number of rotatable bonds is 5. The number of pyridine rings is 2. The van der Waals surface area contributed by atoms with Crippen LogP contribution in [0.25, 0.3) is 39.1 Å². The zero-order chi connectivity index (χ0) is 25.3. The van der Waals surface area contributed by atoms with E-state index in [0.717, 1.165) is 56.2 Å². The smallest absolute Gasteiger partial charge is 0.164 e. The molecule has 7 rings (SSSR count). The molecule has 7 aromatic rings. The number of hydrogen-bond acceptors (Lipinski definition) is 4. The Kier molecular flexibility index (Phi) is 5.37. The van der Waals surface area contributed by atoms with Crippen LogP contribution in [0.5, 0.6) is 0 Å². The van der Waals surface area contributed by atoms with Gasteiger partial charge in [0.1, 0.15) is 11.3 Å². The number of para-hydroxylation sites is 2. The number of benzene rings is 4. The standard InChI is InChI=1S/C33H23N5/c1-3-10-25(11-4-1)37(26-12-5-2-6-13-26)27-20-18-24(19-21-27)32-36-30-16-9-23-35-33(30)38(32)31-17-7-15-29-28(31)14-8-22-34-29/h1-23H. The second-order valence-electron chi connectivity index (χ2n) is 9.02. The van der Waals surface area contributed by atoms with Crippen LogP contribution in [-0.4, -0.2) is 19.5 Å². The number of nitrogens with zero attached hydrogens (tertiary/aromatic N) is 5. The van der Waals surface area contributed by atoms with E-state index in [-0.39, 0.29) is 0 Å². The molecule has 0 aliphatic heterocycles. The van der Waals surface area contributed by atoms with Crippen LogP contribution in [0.2, 0.25) is 0 Å². The van der Waals surface area contributed by atoms with Crippen LogP contribution >= 0.6 is 0 Å². The monoisotopic (exact) mass is 489 g/mol. The van der Waals surface area contributed by atoms with E-state index >= 15 is 0 Å². The molecule has 0 aliphatic carbocycles. The van der Waals surface area contributed by atoms with Crippen LogP contribution in [0.15, 0.2) is 140 Å². The van der Waals surface area contributed by atoms with Gasteiger partial charge < -0.3 is 4.90 Å². The summed E-state index contributed by atoms with van der Waals surface area (Å²) in [5.41, 5.74) is 7.89. The van der Waals surface area contributed by atoms with Crippen molar-refractivity contribution in [1.29, 1.82) is 0 Å². The van der Waals surface area contributed by atoms with Crippen molar-refractivity contribution in [2.45, 2.75) is 0 Å². The molecule has 180 valence electrons. The zero-order valence-electron chi connectivity index (χ0n) is 20.5. The lowest BCUT2D eigenvalue weighted by atomic mass is 10.1. The first-order chi connectivity index (χ1) is 18.9. The highest BCUT2D eigenvalue weighted by Gasteiger charge is 2.18. The molecule has 0 N–H and O–H groups in total. The van der Waals surface area contributed by atoms with Gasteiger partial charge in [0.05, 0.1) is 11.2 Å². The largest absolute Gasteiger partial charge is 0.311 e. The lowest BCUT2D eigenvalue weighted by Crippen LogP contribution is -2.09. The molecule has 0 radical (unpaired) electrons. The van der Waals surface area contributed by atoms with Crippen LogP contribution in [0.1, 0.15) is 0 Å². The molecule has 0 amide bonds. The van der Waals surface area contributed by atoms with Gasteiger partial charge in [-0.15, -0.1) is 0 Å². The van der Waals surface area contributed by atoms with E-state index in [1.54, 1.807) is 0 Å². The maximum absolute atomic E-state index is 5.02. The second-order valence-corrected chi connectivity index (χ2v) is 9.02. The van der Waals surface area contributed by atoms with Gasteiger partial charge in [-0.1, -0.05) is 42.5 Å². The predicted octanol–water partition coefficient (Wildman–Crippen LogP) is 8.11. The summed E-state index contributed by atoms with van der Waals surface area (Å²) in [6.07, 6.45) is 3.63. The minimum absolute atomic E-state index is 0.818. The van der Waals surface area contributed by atoms with Crippen molar-refractivity contribution >= 4 is 39.1 Å². The number of hydrogen-bond donors (Lipinski definition) is 0. The first-order valence-corrected chi connectivity index (χ1v) is 12.5. The molecule has 0 saturated carbocycles. The molecule has 4 aromatic carbocycles. The van der Waals surface area contributed by atoms with Gasteiger partial charge >= 0.3 is 0 Å². The Bertz CT molecular complexity index is 1810. The maximum atomic E-state index is 5.02. The van der Waals surface area contributed by atoms with E-state index in [1.807, 2.05) is 54.9 Å². The van der Waals surface area contributed by atoms with Crippen LogP contribution in [0.4, 0.5) is 17.1 Å². The normalized spacial score (nSPS) is 11.2. The van der Waals surface area contributed by atoms with E-state index in [4.69, 9.17) is 9.97 Å². The number of imidazole rings is 1. The summed E-state index contributed by atoms with van der Waals surface area (Å²) < 4.78 is 2.14. The first-order valence-electron chi connectivity index (χ1n) is 12.5. The number of fused-ring (bicyclic) bond motifs is 2. The van der Waals surface area contributed by atoms with Crippen molar-refractivity contribution in [1.82, 2.24) is 19.5 Å². The molecule has 0 fully saturated rings. The van der Waals surface area contributed by atoms with Crippen LogP contribution in [-0.2, 0) is 0 Å². The van der Waals surface area contributed by atoms with Crippen molar-refractivity contribution in [3.63, 3.8) is 0 Å². The molecule has 38 heavy (non-hydrogen) atoms. The Morgan fingerprint density at radius 2 is 1.13 bits per heavy atom. The van der Waals surface area contributed by atoms with Gasteiger partial charge in [0, 0.05) is 40.4 Å². The Morgan fingerprint density at radius 1 is 0.500 bits per heavy atom. The number of anilines is 3. The molecule has 0 atom stereocenters. The molecule has 5 nitrogen and oxygen atoms in total. The van der Waals surface area contributed by atoms with E-state index in [1.165, 1.54) is 0 Å². The Labute approximate surface area is 220 Å². The molecular formula is C33H23N5. The third-order valence-electron chi connectivity index (χ3n) is 6.69. The molecule has 3 heterocycles. The summed E-state index contributed by atoms with van der Waals surface area (Å²) in [6.45, 7) is 0. The molecular weight excluding hydrogens is 466 g/mol. The molecule has 0 aliphatic rings. The van der Waals surface area contributed by atoms with Crippen LogP contribution < -0.4 is 4.90 Å². The molecule has 0 unspecified atom stereocenters. The number of aromatic nitrogens is 4. The molecule has 0 bridgehead atoms. The third-order valence-corrected chi connectivity index (χ3v) is 6.69. The van der Waals surface area contributed by atoms with Gasteiger partial charge in [-0.2, -0.15) is 0 Å². The summed E-state index contributed by atoms with van der Waals surface area (Å²) in [4.78, 5) is 16.5. The summed E-state index contributed by atoms with van der Waals surface area (Å²) in [6, 6.07) is 43.6. The molecule has 5 heteroatoms. The summed E-state index contributed by atoms with van der Waals surface area (Å²) >= 11 is 0. The quantitative estimate of drug-likeness (QED) is 0.245. The molecule has 3 aromatic heterocycles. The summed E-state index contributed by atoms with van der Waals surface area (Å²) in [5.74, 6) is 0.840. The SMILES string of the molecule is c1ccc(N(c2ccccc2)c2ccc(-c3nc4cccnc4n3-c3cccc4ncccc34)cc2)cc1. The van der Waals surface area contributed by atoms with Crippen molar-refractivity contribution in [2.24, 2.45) is 0 Å². The van der Waals surface area contributed by atoms with Gasteiger partial charge in [-0.05, 0) is 84.9 Å². The topological polar surface area (TPSA) is 46.8 Å². The fraction of sp³-hybridized carbons (Fsp3) is 0. The summed E-state index contributed by atoms with van der Waals surface area (Å²) in [7, 11) is 0. The van der Waals surface area contributed by atoms with Gasteiger partial charge in [0.15, 0.2) is 5.65 Å². The highest BCUT2D eigenvalue weighted by Crippen LogP contribution is 2.36. The fourth-order valence-corrected chi connectivity index (χ4v) is 4.98. The average molecular weight is 490 g/mol. The first kappa shape index (κ1) is 21.9. The molecule has 0 spiro atoms. The molecule has 0 saturated heterocycles. The van der Waals surface area contributed by atoms with Crippen molar-refractivity contribution in [3.05, 3.63) is 140 Å². The van der Waals surface area contributed by atoms with Gasteiger partial charge in [-0.3, -0.25) is 9.55 Å². The van der Waals surface area contributed by atoms with Gasteiger partial charge in [-0.25, -0.2) is 9.97 Å². The summed E-state index contributed by atoms with van der Waals surface area (Å²) in [5, 5.41) is 1.05. The minimum Gasteiger partial charge on any atom is -0.311 e. The Balaban J connectivity index is 1.39. The average Bonchev–Trinajstić information content (AvgIpc) is 3.38. The van der Waals surface area contributed by atoms with E-state index in [2.05, 4.69) is 99.4 Å². The highest BCUT2D eigenvalue weighted by molar-refractivity contribution is 5.91. The maximum Gasteiger partial charge on any atom is 0.164 e. The van der Waals surface area contributed by atoms with Crippen molar-refractivity contribution in [3.8, 4) is 17.1 Å². The van der Waals surface area contributed by atoms with Crippen molar-refractivity contribution < 1.29 is 0 Å². The lowest BCUT2D eigenvalue weighted by Gasteiger charge is -2.25. The van der Waals surface area contributed by atoms with E-state index < -0.39 is 0 Å². The Hall–Kier alpha value is -5.29. The van der Waals surface area contributed by atoms with Crippen LogP contribution in [0, 0.1) is 0 Å². The van der Waals surface area contributed by atoms with E-state index in [9.17, 15) is 0 Å². The fourth-order valence-electron chi connectivity index (χ4n) is 4.98. The van der Waals surface area contributed by atoms with Crippen LogP contribution in [0.3, 0.4) is 0 Å². The van der Waals surface area contributed by atoms with Gasteiger partial charge in [0.2, 0.25) is 0 Å². The zero-order valence-corrected chi connectivity index (χ0v) is 20.5. The predicted molar refractivity (Wildman–Crippen MR) is 154 cm³/mol. The Morgan fingerprint density at radius 3 is 1.87 bits per heavy atom. The van der Waals surface area contributed by atoms with E-state index in [0.29, 0.717) is 0 Å².